The molecule has 252 valence electrons. The van der Waals surface area contributed by atoms with Gasteiger partial charge in [-0.05, 0) is 67.1 Å². The smallest absolute Gasteiger partial charge is 0.350 e. The lowest BCUT2D eigenvalue weighted by Crippen LogP contribution is -2.46. The maximum absolute atomic E-state index is 12.7. The molecule has 13 nitrogen and oxygen atoms in total. The van der Waals surface area contributed by atoms with E-state index in [0.717, 1.165) is 61.0 Å². The molecule has 2 atom stereocenters. The molecule has 0 saturated carbocycles. The molecule has 0 spiro atoms. The third-order valence-electron chi connectivity index (χ3n) is 8.88. The first-order chi connectivity index (χ1) is 24.0. The van der Waals surface area contributed by atoms with Crippen molar-refractivity contribution >= 4 is 17.1 Å². The molecule has 2 fully saturated rings. The second kappa shape index (κ2) is 14.3. The largest absolute Gasteiger partial charge is 0.491 e. The van der Waals surface area contributed by atoms with Crippen molar-refractivity contribution in [3.63, 3.8) is 0 Å². The SMILES string of the molecule is C#CCCCn1ncn(-c2ccc(N3CCN(c4ccc(OC[C@@H]5CO[C@@](Cn6cncn6)(c6ccc(N)cc6)O5)cc4)CC3)cc2)c1=O. The molecule has 2 aromatic heterocycles. The highest BCUT2D eigenvalue weighted by Crippen LogP contribution is 2.36. The average molecular weight is 662 g/mol. The van der Waals surface area contributed by atoms with Crippen LogP contribution in [0.2, 0.25) is 0 Å². The summed E-state index contributed by atoms with van der Waals surface area (Å²) >= 11 is 0. The standard InChI is InChI=1S/C36H39N9O4/c1-2-3-4-17-45-35(46)44(27-40-45)32-11-9-30(10-12-32)41-18-20-42(21-19-41)31-13-15-33(16-14-31)47-22-34-23-48-36(49-34,24-43-26-38-25-39-43)28-5-7-29(37)8-6-28/h1,5-16,25-27,34H,3-4,17-24,37H2/t34-,36-/m1/s1. The zero-order valence-corrected chi connectivity index (χ0v) is 27.2. The van der Waals surface area contributed by atoms with Crippen LogP contribution in [-0.2, 0) is 28.4 Å². The van der Waals surface area contributed by atoms with Gasteiger partial charge in [0.15, 0.2) is 0 Å². The van der Waals surface area contributed by atoms with Crippen LogP contribution in [0.25, 0.3) is 5.69 Å². The summed E-state index contributed by atoms with van der Waals surface area (Å²) in [6.45, 7) is 5.12. The van der Waals surface area contributed by atoms with E-state index in [9.17, 15) is 4.79 Å². The van der Waals surface area contributed by atoms with E-state index in [1.165, 1.54) is 11.0 Å². The van der Waals surface area contributed by atoms with Gasteiger partial charge in [0.1, 0.15) is 44.0 Å². The minimum absolute atomic E-state index is 0.161. The van der Waals surface area contributed by atoms with Gasteiger partial charge in [-0.3, -0.25) is 0 Å². The van der Waals surface area contributed by atoms with Crippen LogP contribution < -0.4 is 26.0 Å². The zero-order chi connectivity index (χ0) is 33.6. The van der Waals surface area contributed by atoms with Crippen LogP contribution in [0.5, 0.6) is 5.75 Å². The van der Waals surface area contributed by atoms with Gasteiger partial charge >= 0.3 is 5.69 Å². The number of nitrogen functional groups attached to an aromatic ring is 1. The van der Waals surface area contributed by atoms with Crippen LogP contribution >= 0.6 is 0 Å². The summed E-state index contributed by atoms with van der Waals surface area (Å²) in [5.74, 6) is 2.35. The second-order valence-corrected chi connectivity index (χ2v) is 12.1. The van der Waals surface area contributed by atoms with E-state index in [2.05, 4.69) is 55.2 Å². The number of unbranched alkanes of at least 4 members (excludes halogenated alkanes) is 1. The Hall–Kier alpha value is -5.58. The van der Waals surface area contributed by atoms with Crippen LogP contribution in [0.15, 0.2) is 96.6 Å². The Kier molecular flexibility index (Phi) is 9.31. The highest BCUT2D eigenvalue weighted by Gasteiger charge is 2.44. The fourth-order valence-electron chi connectivity index (χ4n) is 6.22. The number of benzene rings is 3. The number of piperazine rings is 1. The van der Waals surface area contributed by atoms with Gasteiger partial charge < -0.3 is 29.7 Å². The van der Waals surface area contributed by atoms with E-state index in [4.69, 9.17) is 26.4 Å². The number of hydrogen-bond acceptors (Lipinski definition) is 10. The van der Waals surface area contributed by atoms with E-state index in [0.29, 0.717) is 38.4 Å². The first-order valence-electron chi connectivity index (χ1n) is 16.4. The predicted octanol–water partition coefficient (Wildman–Crippen LogP) is 3.30. The number of anilines is 3. The lowest BCUT2D eigenvalue weighted by atomic mass is 10.1. The van der Waals surface area contributed by atoms with E-state index in [-0.39, 0.29) is 11.8 Å². The second-order valence-electron chi connectivity index (χ2n) is 12.1. The number of aromatic nitrogens is 6. The normalized spacial score (nSPS) is 19.2. The fraction of sp³-hybridized carbons (Fsp3) is 0.333. The van der Waals surface area contributed by atoms with Gasteiger partial charge in [0.2, 0.25) is 5.79 Å². The molecule has 4 heterocycles. The Morgan fingerprint density at radius 2 is 1.57 bits per heavy atom. The Balaban J connectivity index is 0.905. The molecule has 3 aromatic carbocycles. The van der Waals surface area contributed by atoms with Crippen molar-refractivity contribution in [1.29, 1.82) is 0 Å². The molecule has 0 amide bonds. The van der Waals surface area contributed by atoms with E-state index < -0.39 is 5.79 Å². The van der Waals surface area contributed by atoms with Crippen LogP contribution in [0.4, 0.5) is 17.1 Å². The molecule has 13 heteroatoms. The molecule has 2 aliphatic heterocycles. The molecular weight excluding hydrogens is 622 g/mol. The maximum Gasteiger partial charge on any atom is 0.350 e. The van der Waals surface area contributed by atoms with Crippen LogP contribution in [0.1, 0.15) is 18.4 Å². The highest BCUT2D eigenvalue weighted by molar-refractivity contribution is 5.54. The van der Waals surface area contributed by atoms with Crippen molar-refractivity contribution in [3.8, 4) is 23.8 Å². The number of nitrogens with zero attached hydrogens (tertiary/aromatic N) is 8. The molecule has 2 saturated heterocycles. The fourth-order valence-corrected chi connectivity index (χ4v) is 6.22. The molecule has 0 radical (unpaired) electrons. The number of hydrogen-bond donors (Lipinski definition) is 1. The van der Waals surface area contributed by atoms with Crippen molar-refractivity contribution in [2.24, 2.45) is 0 Å². The van der Waals surface area contributed by atoms with Gasteiger partial charge in [0.05, 0.1) is 12.3 Å². The zero-order valence-electron chi connectivity index (χ0n) is 27.2. The molecule has 0 bridgehead atoms. The maximum atomic E-state index is 12.7. The van der Waals surface area contributed by atoms with Crippen LogP contribution in [0, 0.1) is 12.3 Å². The van der Waals surface area contributed by atoms with Crippen LogP contribution in [0.3, 0.4) is 0 Å². The van der Waals surface area contributed by atoms with E-state index in [1.54, 1.807) is 21.9 Å². The Morgan fingerprint density at radius 1 is 0.898 bits per heavy atom. The quantitative estimate of drug-likeness (QED) is 0.121. The Bertz CT molecular complexity index is 1910. The van der Waals surface area contributed by atoms with Crippen molar-refractivity contribution in [2.75, 3.05) is 54.9 Å². The summed E-state index contributed by atoms with van der Waals surface area (Å²) in [6.07, 6.45) is 11.1. The topological polar surface area (TPSA) is 131 Å². The lowest BCUT2D eigenvalue weighted by molar-refractivity contribution is -0.190. The van der Waals surface area contributed by atoms with Crippen molar-refractivity contribution < 1.29 is 14.2 Å². The summed E-state index contributed by atoms with van der Waals surface area (Å²) in [6, 6.07) is 23.7. The summed E-state index contributed by atoms with van der Waals surface area (Å²) in [4.78, 5) is 21.5. The van der Waals surface area contributed by atoms with Gasteiger partial charge in [0.25, 0.3) is 0 Å². The number of terminal acetylenes is 1. The summed E-state index contributed by atoms with van der Waals surface area (Å²) < 4.78 is 23.6. The Labute approximate surface area is 284 Å². The molecule has 7 rings (SSSR count). The van der Waals surface area contributed by atoms with Gasteiger partial charge in [-0.25, -0.2) is 23.7 Å². The molecule has 2 aliphatic rings. The van der Waals surface area contributed by atoms with E-state index >= 15 is 0 Å². The molecule has 0 unspecified atom stereocenters. The van der Waals surface area contributed by atoms with Gasteiger partial charge in [-0.1, -0.05) is 12.1 Å². The molecular formula is C36H39N9O4. The van der Waals surface area contributed by atoms with Gasteiger partial charge in [-0.2, -0.15) is 10.2 Å². The van der Waals surface area contributed by atoms with Crippen molar-refractivity contribution in [2.45, 2.75) is 37.8 Å². The highest BCUT2D eigenvalue weighted by atomic mass is 16.8. The number of rotatable bonds is 12. The predicted molar refractivity (Wildman–Crippen MR) is 186 cm³/mol. The third kappa shape index (κ3) is 7.15. The van der Waals surface area contributed by atoms with Crippen molar-refractivity contribution in [1.82, 2.24) is 29.1 Å². The molecule has 49 heavy (non-hydrogen) atoms. The number of aryl methyl sites for hydroxylation is 1. The van der Waals surface area contributed by atoms with Gasteiger partial charge in [-0.15, -0.1) is 12.3 Å². The minimum Gasteiger partial charge on any atom is -0.491 e. The summed E-state index contributed by atoms with van der Waals surface area (Å²) in [5.41, 5.74) is 10.4. The Morgan fingerprint density at radius 3 is 2.22 bits per heavy atom. The van der Waals surface area contributed by atoms with E-state index in [1.807, 2.05) is 48.5 Å². The number of nitrogens with two attached hydrogens (primary N) is 1. The first kappa shape index (κ1) is 32.0. The summed E-state index contributed by atoms with van der Waals surface area (Å²) in [5, 5.41) is 8.48. The summed E-state index contributed by atoms with van der Waals surface area (Å²) in [7, 11) is 0. The number of ether oxygens (including phenoxy) is 3. The van der Waals surface area contributed by atoms with Crippen molar-refractivity contribution in [3.05, 3.63) is 108 Å². The van der Waals surface area contributed by atoms with Crippen LogP contribution in [-0.4, -0.2) is 74.6 Å². The molecule has 0 aliphatic carbocycles. The third-order valence-corrected chi connectivity index (χ3v) is 8.88. The lowest BCUT2D eigenvalue weighted by Gasteiger charge is -2.37. The first-order valence-corrected chi connectivity index (χ1v) is 16.4. The average Bonchev–Trinajstić information content (AvgIpc) is 3.90. The van der Waals surface area contributed by atoms with Gasteiger partial charge in [0, 0.05) is 61.8 Å². The molecule has 2 N–H and O–H groups in total. The molecule has 5 aromatic rings. The minimum atomic E-state index is -1.02. The monoisotopic (exact) mass is 661 g/mol.